The van der Waals surface area contributed by atoms with Crippen molar-refractivity contribution < 1.29 is 28.6 Å². The summed E-state index contributed by atoms with van der Waals surface area (Å²) in [6, 6.07) is 0. The number of rotatable bonds is 55. The molecule has 0 amide bonds. The Morgan fingerprint density at radius 2 is 0.530 bits per heavy atom. The lowest BCUT2D eigenvalue weighted by Crippen LogP contribution is -2.30. The van der Waals surface area contributed by atoms with E-state index in [-0.39, 0.29) is 31.1 Å². The lowest BCUT2D eigenvalue weighted by molar-refractivity contribution is -0.167. The van der Waals surface area contributed by atoms with Crippen molar-refractivity contribution in [2.24, 2.45) is 5.92 Å². The van der Waals surface area contributed by atoms with Crippen LogP contribution < -0.4 is 0 Å². The highest BCUT2D eigenvalue weighted by Crippen LogP contribution is 2.19. The third-order valence-corrected chi connectivity index (χ3v) is 14.2. The van der Waals surface area contributed by atoms with Crippen molar-refractivity contribution in [2.75, 3.05) is 13.2 Å². The maximum absolute atomic E-state index is 12.9. The highest BCUT2D eigenvalue weighted by molar-refractivity contribution is 5.71. The first-order valence-electron chi connectivity index (χ1n) is 29.9. The molecule has 0 fully saturated rings. The second-order valence-electron chi connectivity index (χ2n) is 20.9. The van der Waals surface area contributed by atoms with E-state index in [2.05, 4.69) is 27.7 Å². The van der Waals surface area contributed by atoms with Crippen molar-refractivity contribution in [3.8, 4) is 0 Å². The summed E-state index contributed by atoms with van der Waals surface area (Å²) in [5, 5.41) is 0. The molecule has 0 rings (SSSR count). The molecule has 0 saturated carbocycles. The van der Waals surface area contributed by atoms with Gasteiger partial charge in [0.1, 0.15) is 13.2 Å². The van der Waals surface area contributed by atoms with Gasteiger partial charge in [0, 0.05) is 19.3 Å². The van der Waals surface area contributed by atoms with Gasteiger partial charge < -0.3 is 14.2 Å². The number of ether oxygens (including phenoxy) is 3. The van der Waals surface area contributed by atoms with E-state index in [9.17, 15) is 14.4 Å². The summed E-state index contributed by atoms with van der Waals surface area (Å²) in [6.07, 6.45) is 59.5. The van der Waals surface area contributed by atoms with Crippen LogP contribution in [0.1, 0.15) is 342 Å². The molecule has 0 bridgehead atoms. The van der Waals surface area contributed by atoms with E-state index in [1.54, 1.807) is 0 Å². The number of esters is 3. The van der Waals surface area contributed by atoms with Crippen molar-refractivity contribution in [1.82, 2.24) is 0 Å². The number of unbranched alkanes of at least 4 members (excludes halogenated alkanes) is 41. The topological polar surface area (TPSA) is 78.9 Å². The summed E-state index contributed by atoms with van der Waals surface area (Å²) >= 11 is 0. The Kier molecular flexibility index (Phi) is 53.0. The summed E-state index contributed by atoms with van der Waals surface area (Å²) < 4.78 is 16.9. The first-order chi connectivity index (χ1) is 32.4. The van der Waals surface area contributed by atoms with Crippen molar-refractivity contribution >= 4 is 17.9 Å². The van der Waals surface area contributed by atoms with Gasteiger partial charge in [0.15, 0.2) is 6.10 Å². The van der Waals surface area contributed by atoms with Gasteiger partial charge in [-0.15, -0.1) is 0 Å². The average molecular weight is 934 g/mol. The SMILES string of the molecule is CCCCCCCCCCCCCCCCCCCCCC(=O)O[C@@H](COC(=O)CCCCCCCCCCCCC)COC(=O)CCCCCCCCCCCCCCCCC(C)CC. The fraction of sp³-hybridized carbons (Fsp3) is 0.950. The van der Waals surface area contributed by atoms with Gasteiger partial charge in [-0.05, 0) is 25.2 Å². The lowest BCUT2D eigenvalue weighted by Gasteiger charge is -2.18. The van der Waals surface area contributed by atoms with E-state index in [1.807, 2.05) is 0 Å². The van der Waals surface area contributed by atoms with Gasteiger partial charge in [-0.2, -0.15) is 0 Å². The van der Waals surface area contributed by atoms with Crippen LogP contribution in [0, 0.1) is 5.92 Å². The number of hydrogen-bond donors (Lipinski definition) is 0. The van der Waals surface area contributed by atoms with Crippen LogP contribution in [0.5, 0.6) is 0 Å². The van der Waals surface area contributed by atoms with E-state index >= 15 is 0 Å². The number of hydrogen-bond acceptors (Lipinski definition) is 6. The van der Waals surface area contributed by atoms with Crippen molar-refractivity contribution in [3.05, 3.63) is 0 Å². The highest BCUT2D eigenvalue weighted by atomic mass is 16.6. The quantitative estimate of drug-likeness (QED) is 0.0343. The van der Waals surface area contributed by atoms with Crippen molar-refractivity contribution in [1.29, 1.82) is 0 Å². The normalized spacial score (nSPS) is 12.4. The second kappa shape index (κ2) is 54.4. The predicted molar refractivity (Wildman–Crippen MR) is 284 cm³/mol. The molecule has 0 aromatic rings. The molecule has 0 heterocycles. The van der Waals surface area contributed by atoms with Crippen LogP contribution >= 0.6 is 0 Å². The Balaban J connectivity index is 4.25. The molecule has 0 radical (unpaired) electrons. The van der Waals surface area contributed by atoms with Crippen molar-refractivity contribution in [2.45, 2.75) is 348 Å². The summed E-state index contributed by atoms with van der Waals surface area (Å²) in [7, 11) is 0. The van der Waals surface area contributed by atoms with Gasteiger partial charge in [-0.3, -0.25) is 14.4 Å². The van der Waals surface area contributed by atoms with Crippen LogP contribution in [0.3, 0.4) is 0 Å². The lowest BCUT2D eigenvalue weighted by atomic mass is 9.99. The molecule has 0 aliphatic rings. The Morgan fingerprint density at radius 3 is 0.788 bits per heavy atom. The molecule has 2 atom stereocenters. The average Bonchev–Trinajstić information content (AvgIpc) is 3.32. The first-order valence-corrected chi connectivity index (χ1v) is 29.9. The van der Waals surface area contributed by atoms with Gasteiger partial charge >= 0.3 is 17.9 Å². The van der Waals surface area contributed by atoms with Crippen LogP contribution in [-0.2, 0) is 28.6 Å². The maximum atomic E-state index is 12.9. The van der Waals surface area contributed by atoms with Gasteiger partial charge in [0.2, 0.25) is 0 Å². The molecule has 0 aromatic carbocycles. The second-order valence-corrected chi connectivity index (χ2v) is 20.9. The summed E-state index contributed by atoms with van der Waals surface area (Å²) in [5.74, 6) is 0.0614. The Morgan fingerprint density at radius 1 is 0.303 bits per heavy atom. The molecular formula is C60H116O6. The zero-order valence-corrected chi connectivity index (χ0v) is 45.2. The van der Waals surface area contributed by atoms with Crippen LogP contribution in [0.4, 0.5) is 0 Å². The Hall–Kier alpha value is -1.59. The summed E-state index contributed by atoms with van der Waals surface area (Å²) in [6.45, 7) is 9.10. The summed E-state index contributed by atoms with van der Waals surface area (Å²) in [5.41, 5.74) is 0. The Labute approximate surface area is 412 Å². The van der Waals surface area contributed by atoms with Gasteiger partial charge in [0.25, 0.3) is 0 Å². The standard InChI is InChI=1S/C60H116O6/c1-5-8-10-12-14-16-18-19-20-21-22-23-24-29-33-37-41-45-49-53-60(63)66-57(54-64-58(61)51-47-43-39-35-30-17-15-13-11-9-6-2)55-65-59(62)52-48-44-40-36-32-28-26-25-27-31-34-38-42-46-50-56(4)7-3/h56-57H,5-55H2,1-4H3/t56?,57-/m0/s1. The van der Waals surface area contributed by atoms with Gasteiger partial charge in [-0.25, -0.2) is 0 Å². The molecule has 6 heteroatoms. The van der Waals surface area contributed by atoms with Crippen molar-refractivity contribution in [3.63, 3.8) is 0 Å². The minimum atomic E-state index is -0.762. The third-order valence-electron chi connectivity index (χ3n) is 14.2. The molecule has 66 heavy (non-hydrogen) atoms. The minimum Gasteiger partial charge on any atom is -0.462 e. The maximum Gasteiger partial charge on any atom is 0.306 e. The van der Waals surface area contributed by atoms with Crippen LogP contribution in [0.25, 0.3) is 0 Å². The molecule has 0 aromatic heterocycles. The molecule has 0 aliphatic heterocycles. The molecule has 0 spiro atoms. The number of carbonyl (C=O) groups is 3. The van der Waals surface area contributed by atoms with Gasteiger partial charge in [-0.1, -0.05) is 304 Å². The minimum absolute atomic E-state index is 0.0618. The molecule has 0 saturated heterocycles. The smallest absolute Gasteiger partial charge is 0.306 e. The molecule has 392 valence electrons. The van der Waals surface area contributed by atoms with Crippen LogP contribution in [-0.4, -0.2) is 37.2 Å². The third kappa shape index (κ3) is 51.8. The monoisotopic (exact) mass is 933 g/mol. The Bertz CT molecular complexity index is 998. The molecule has 6 nitrogen and oxygen atoms in total. The van der Waals surface area contributed by atoms with E-state index in [1.165, 1.54) is 238 Å². The highest BCUT2D eigenvalue weighted by Gasteiger charge is 2.19. The predicted octanol–water partition coefficient (Wildman–Crippen LogP) is 19.8. The fourth-order valence-electron chi connectivity index (χ4n) is 9.25. The zero-order valence-electron chi connectivity index (χ0n) is 45.2. The molecule has 0 aliphatic carbocycles. The molecular weight excluding hydrogens is 817 g/mol. The van der Waals surface area contributed by atoms with Crippen LogP contribution in [0.15, 0.2) is 0 Å². The van der Waals surface area contributed by atoms with E-state index < -0.39 is 6.10 Å². The first kappa shape index (κ1) is 64.4. The number of carbonyl (C=O) groups excluding carboxylic acids is 3. The largest absolute Gasteiger partial charge is 0.462 e. The van der Waals surface area contributed by atoms with Gasteiger partial charge in [0.05, 0.1) is 0 Å². The fourth-order valence-corrected chi connectivity index (χ4v) is 9.25. The van der Waals surface area contributed by atoms with E-state index in [4.69, 9.17) is 14.2 Å². The van der Waals surface area contributed by atoms with Crippen LogP contribution in [0.2, 0.25) is 0 Å². The molecule has 0 N–H and O–H groups in total. The molecule has 1 unspecified atom stereocenters. The summed E-state index contributed by atoms with van der Waals surface area (Å²) in [4.78, 5) is 38.1. The zero-order chi connectivity index (χ0) is 48.1. The van der Waals surface area contributed by atoms with E-state index in [0.717, 1.165) is 63.7 Å². The van der Waals surface area contributed by atoms with E-state index in [0.29, 0.717) is 19.3 Å².